The summed E-state index contributed by atoms with van der Waals surface area (Å²) in [6, 6.07) is 7.73. The third-order valence-corrected chi connectivity index (χ3v) is 2.18. The van der Waals surface area contributed by atoms with Crippen molar-refractivity contribution in [3.05, 3.63) is 29.8 Å². The highest BCUT2D eigenvalue weighted by atomic mass is 16.5. The standard InChI is InChI=1S/C12H18N2O3/c1-16-9-10-4-2-5-11(8-10)17-7-3-6-12(13)14-15/h2,4-5,8,15H,3,6-7,9H2,1H3,(H2,13,14). The van der Waals surface area contributed by atoms with Crippen molar-refractivity contribution in [3.8, 4) is 5.75 Å². The summed E-state index contributed by atoms with van der Waals surface area (Å²) < 4.78 is 10.6. The monoisotopic (exact) mass is 238 g/mol. The molecule has 94 valence electrons. The molecule has 0 aromatic heterocycles. The van der Waals surface area contributed by atoms with Gasteiger partial charge in [-0.25, -0.2) is 0 Å². The van der Waals surface area contributed by atoms with E-state index in [4.69, 9.17) is 20.4 Å². The van der Waals surface area contributed by atoms with Gasteiger partial charge in [-0.05, 0) is 24.1 Å². The van der Waals surface area contributed by atoms with Crippen molar-refractivity contribution >= 4 is 5.84 Å². The fraction of sp³-hybridized carbons (Fsp3) is 0.417. The molecule has 0 aliphatic rings. The predicted octanol–water partition coefficient (Wildman–Crippen LogP) is 1.74. The Morgan fingerprint density at radius 1 is 1.47 bits per heavy atom. The highest BCUT2D eigenvalue weighted by molar-refractivity contribution is 5.79. The van der Waals surface area contributed by atoms with Gasteiger partial charge in [-0.2, -0.15) is 0 Å². The maximum absolute atomic E-state index is 8.35. The van der Waals surface area contributed by atoms with Gasteiger partial charge in [0.1, 0.15) is 11.6 Å². The number of hydrogen-bond acceptors (Lipinski definition) is 4. The number of benzene rings is 1. The van der Waals surface area contributed by atoms with Crippen LogP contribution in [0.15, 0.2) is 29.4 Å². The minimum Gasteiger partial charge on any atom is -0.494 e. The predicted molar refractivity (Wildman–Crippen MR) is 65.3 cm³/mol. The Kier molecular flexibility index (Phi) is 5.88. The number of ether oxygens (including phenoxy) is 2. The second kappa shape index (κ2) is 7.51. The van der Waals surface area contributed by atoms with E-state index in [1.54, 1.807) is 7.11 Å². The van der Waals surface area contributed by atoms with Crippen LogP contribution < -0.4 is 10.5 Å². The molecule has 0 spiro atoms. The van der Waals surface area contributed by atoms with Gasteiger partial charge in [0.25, 0.3) is 0 Å². The molecule has 0 heterocycles. The molecule has 0 bridgehead atoms. The van der Waals surface area contributed by atoms with E-state index in [-0.39, 0.29) is 5.84 Å². The maximum atomic E-state index is 8.35. The zero-order valence-corrected chi connectivity index (χ0v) is 9.93. The first-order valence-electron chi connectivity index (χ1n) is 5.43. The van der Waals surface area contributed by atoms with E-state index < -0.39 is 0 Å². The van der Waals surface area contributed by atoms with Crippen LogP contribution in [0.25, 0.3) is 0 Å². The lowest BCUT2D eigenvalue weighted by atomic mass is 10.2. The lowest BCUT2D eigenvalue weighted by Gasteiger charge is -2.07. The summed E-state index contributed by atoms with van der Waals surface area (Å²) in [6.45, 7) is 1.11. The molecule has 0 saturated heterocycles. The topological polar surface area (TPSA) is 77.1 Å². The molecule has 0 aliphatic heterocycles. The SMILES string of the molecule is COCc1cccc(OCCCC(N)=NO)c1. The van der Waals surface area contributed by atoms with Crippen molar-refractivity contribution in [2.24, 2.45) is 10.9 Å². The first-order valence-corrected chi connectivity index (χ1v) is 5.43. The van der Waals surface area contributed by atoms with Crippen LogP contribution >= 0.6 is 0 Å². The Morgan fingerprint density at radius 3 is 3.00 bits per heavy atom. The van der Waals surface area contributed by atoms with Crippen LogP contribution in [-0.4, -0.2) is 24.8 Å². The highest BCUT2D eigenvalue weighted by Crippen LogP contribution is 2.14. The number of nitrogens with zero attached hydrogens (tertiary/aromatic N) is 1. The summed E-state index contributed by atoms with van der Waals surface area (Å²) in [7, 11) is 1.66. The minimum absolute atomic E-state index is 0.224. The van der Waals surface area contributed by atoms with Crippen molar-refractivity contribution in [3.63, 3.8) is 0 Å². The van der Waals surface area contributed by atoms with Gasteiger partial charge in [-0.1, -0.05) is 17.3 Å². The van der Waals surface area contributed by atoms with E-state index in [0.29, 0.717) is 26.1 Å². The largest absolute Gasteiger partial charge is 0.494 e. The summed E-state index contributed by atoms with van der Waals surface area (Å²) in [5, 5.41) is 11.2. The molecule has 1 aromatic rings. The van der Waals surface area contributed by atoms with E-state index >= 15 is 0 Å². The van der Waals surface area contributed by atoms with E-state index in [1.807, 2.05) is 24.3 Å². The first-order chi connectivity index (χ1) is 8.26. The molecule has 1 aromatic carbocycles. The molecule has 0 unspecified atom stereocenters. The van der Waals surface area contributed by atoms with Gasteiger partial charge >= 0.3 is 0 Å². The van der Waals surface area contributed by atoms with Gasteiger partial charge in [0, 0.05) is 13.5 Å². The summed E-state index contributed by atoms with van der Waals surface area (Å²) in [4.78, 5) is 0. The lowest BCUT2D eigenvalue weighted by Crippen LogP contribution is -2.12. The Morgan fingerprint density at radius 2 is 2.29 bits per heavy atom. The van der Waals surface area contributed by atoms with Crippen LogP contribution in [0.1, 0.15) is 18.4 Å². The van der Waals surface area contributed by atoms with Crippen molar-refractivity contribution < 1.29 is 14.7 Å². The van der Waals surface area contributed by atoms with E-state index in [9.17, 15) is 0 Å². The third kappa shape index (κ3) is 5.21. The van der Waals surface area contributed by atoms with E-state index in [2.05, 4.69) is 5.16 Å². The van der Waals surface area contributed by atoms with Crippen LogP contribution in [0.5, 0.6) is 5.75 Å². The molecule has 0 atom stereocenters. The van der Waals surface area contributed by atoms with Gasteiger partial charge < -0.3 is 20.4 Å². The molecule has 0 aliphatic carbocycles. The zero-order valence-electron chi connectivity index (χ0n) is 9.93. The van der Waals surface area contributed by atoms with Crippen LogP contribution in [0.3, 0.4) is 0 Å². The summed E-state index contributed by atoms with van der Waals surface area (Å²) >= 11 is 0. The summed E-state index contributed by atoms with van der Waals surface area (Å²) in [6.07, 6.45) is 1.23. The molecule has 1 rings (SSSR count). The molecule has 17 heavy (non-hydrogen) atoms. The number of methoxy groups -OCH3 is 1. The second-order valence-corrected chi connectivity index (χ2v) is 3.62. The third-order valence-electron chi connectivity index (χ3n) is 2.18. The summed E-state index contributed by atoms with van der Waals surface area (Å²) in [5.41, 5.74) is 6.41. The molecule has 0 saturated carbocycles. The molecule has 0 amide bonds. The van der Waals surface area contributed by atoms with Crippen LogP contribution in [0.2, 0.25) is 0 Å². The van der Waals surface area contributed by atoms with E-state index in [0.717, 1.165) is 11.3 Å². The van der Waals surface area contributed by atoms with Crippen molar-refractivity contribution in [1.29, 1.82) is 0 Å². The number of nitrogens with two attached hydrogens (primary N) is 1. The Labute approximate surface area is 101 Å². The van der Waals surface area contributed by atoms with E-state index in [1.165, 1.54) is 0 Å². The van der Waals surface area contributed by atoms with Gasteiger partial charge in [-0.15, -0.1) is 0 Å². The molecule has 5 nitrogen and oxygen atoms in total. The molecule has 5 heteroatoms. The van der Waals surface area contributed by atoms with Gasteiger partial charge in [0.15, 0.2) is 0 Å². The number of amidine groups is 1. The first kappa shape index (κ1) is 13.3. The second-order valence-electron chi connectivity index (χ2n) is 3.62. The van der Waals surface area contributed by atoms with Gasteiger partial charge in [-0.3, -0.25) is 0 Å². The smallest absolute Gasteiger partial charge is 0.139 e. The average Bonchev–Trinajstić information content (AvgIpc) is 2.35. The fourth-order valence-electron chi connectivity index (χ4n) is 1.39. The Hall–Kier alpha value is -1.75. The zero-order chi connectivity index (χ0) is 12.5. The van der Waals surface area contributed by atoms with Crippen molar-refractivity contribution in [1.82, 2.24) is 0 Å². The maximum Gasteiger partial charge on any atom is 0.139 e. The Balaban J connectivity index is 2.33. The normalized spacial score (nSPS) is 11.5. The van der Waals surface area contributed by atoms with Crippen LogP contribution in [0.4, 0.5) is 0 Å². The molecular weight excluding hydrogens is 220 g/mol. The minimum atomic E-state index is 0.224. The average molecular weight is 238 g/mol. The fourth-order valence-corrected chi connectivity index (χ4v) is 1.39. The number of hydrogen-bond donors (Lipinski definition) is 2. The lowest BCUT2D eigenvalue weighted by molar-refractivity contribution is 0.184. The number of oxime groups is 1. The molecule has 3 N–H and O–H groups in total. The van der Waals surface area contributed by atoms with Crippen LogP contribution in [0, 0.1) is 0 Å². The number of rotatable bonds is 7. The Bertz CT molecular complexity index is 367. The summed E-state index contributed by atoms with van der Waals surface area (Å²) in [5.74, 6) is 1.03. The van der Waals surface area contributed by atoms with Crippen molar-refractivity contribution in [2.45, 2.75) is 19.4 Å². The van der Waals surface area contributed by atoms with Crippen LogP contribution in [-0.2, 0) is 11.3 Å². The van der Waals surface area contributed by atoms with Gasteiger partial charge in [0.2, 0.25) is 0 Å². The molecule has 0 radical (unpaired) electrons. The van der Waals surface area contributed by atoms with Crippen molar-refractivity contribution in [2.75, 3.05) is 13.7 Å². The molecular formula is C12H18N2O3. The quantitative estimate of drug-likeness (QED) is 0.249. The highest BCUT2D eigenvalue weighted by Gasteiger charge is 1.98. The van der Waals surface area contributed by atoms with Gasteiger partial charge in [0.05, 0.1) is 13.2 Å². The molecule has 0 fully saturated rings.